The van der Waals surface area contributed by atoms with Crippen molar-refractivity contribution < 1.29 is 19.7 Å². The van der Waals surface area contributed by atoms with Crippen molar-refractivity contribution in [3.05, 3.63) is 0 Å². The van der Waals surface area contributed by atoms with Crippen LogP contribution >= 0.6 is 0 Å². The molecule has 5 atom stereocenters. The van der Waals surface area contributed by atoms with Gasteiger partial charge in [0.15, 0.2) is 0 Å². The molecule has 116 valence electrons. The van der Waals surface area contributed by atoms with Gasteiger partial charge in [0.05, 0.1) is 31.0 Å². The van der Waals surface area contributed by atoms with Crippen LogP contribution in [0.15, 0.2) is 0 Å². The van der Waals surface area contributed by atoms with Crippen LogP contribution in [0.2, 0.25) is 0 Å². The SMILES string of the molecule is C[C@@H]1O[C@H](CN2CCCC3(COCCN3)C2)[C@@H](O)[C@H]1O. The summed E-state index contributed by atoms with van der Waals surface area (Å²) in [4.78, 5) is 2.32. The van der Waals surface area contributed by atoms with E-state index in [4.69, 9.17) is 9.47 Å². The first-order chi connectivity index (χ1) is 9.60. The van der Waals surface area contributed by atoms with E-state index in [0.29, 0.717) is 6.54 Å². The van der Waals surface area contributed by atoms with Gasteiger partial charge in [0.2, 0.25) is 0 Å². The molecule has 3 rings (SSSR count). The van der Waals surface area contributed by atoms with Crippen molar-refractivity contribution in [1.29, 1.82) is 0 Å². The van der Waals surface area contributed by atoms with Crippen LogP contribution in [0.3, 0.4) is 0 Å². The molecule has 1 spiro atoms. The molecular weight excluding hydrogens is 260 g/mol. The summed E-state index contributed by atoms with van der Waals surface area (Å²) in [6.07, 6.45) is 0.131. The molecule has 0 radical (unpaired) electrons. The van der Waals surface area contributed by atoms with Crippen LogP contribution in [0.1, 0.15) is 19.8 Å². The van der Waals surface area contributed by atoms with Gasteiger partial charge in [0.1, 0.15) is 12.2 Å². The topological polar surface area (TPSA) is 74.2 Å². The molecule has 20 heavy (non-hydrogen) atoms. The van der Waals surface area contributed by atoms with E-state index in [1.165, 1.54) is 0 Å². The van der Waals surface area contributed by atoms with Gasteiger partial charge < -0.3 is 25.0 Å². The first-order valence-corrected chi connectivity index (χ1v) is 7.66. The number of morpholine rings is 1. The number of aliphatic hydroxyl groups excluding tert-OH is 2. The van der Waals surface area contributed by atoms with Gasteiger partial charge in [-0.2, -0.15) is 0 Å². The zero-order chi connectivity index (χ0) is 14.2. The van der Waals surface area contributed by atoms with E-state index in [1.54, 1.807) is 0 Å². The lowest BCUT2D eigenvalue weighted by Gasteiger charge is -2.46. The minimum atomic E-state index is -0.779. The van der Waals surface area contributed by atoms with Crippen LogP contribution in [-0.2, 0) is 9.47 Å². The van der Waals surface area contributed by atoms with E-state index in [-0.39, 0.29) is 17.7 Å². The van der Waals surface area contributed by atoms with Gasteiger partial charge in [-0.05, 0) is 26.3 Å². The van der Waals surface area contributed by atoms with E-state index >= 15 is 0 Å². The van der Waals surface area contributed by atoms with Crippen molar-refractivity contribution in [3.63, 3.8) is 0 Å². The first kappa shape index (κ1) is 14.7. The Balaban J connectivity index is 1.58. The van der Waals surface area contributed by atoms with Crippen LogP contribution in [-0.4, -0.2) is 84.5 Å². The molecule has 0 saturated carbocycles. The van der Waals surface area contributed by atoms with E-state index in [0.717, 1.165) is 45.7 Å². The normalized spacial score (nSPS) is 47.0. The van der Waals surface area contributed by atoms with Crippen molar-refractivity contribution in [2.24, 2.45) is 0 Å². The highest BCUT2D eigenvalue weighted by Crippen LogP contribution is 2.26. The Morgan fingerprint density at radius 2 is 2.20 bits per heavy atom. The number of nitrogens with zero attached hydrogens (tertiary/aromatic N) is 1. The third kappa shape index (κ3) is 2.86. The van der Waals surface area contributed by atoms with Gasteiger partial charge in [0.25, 0.3) is 0 Å². The van der Waals surface area contributed by atoms with Crippen molar-refractivity contribution >= 4 is 0 Å². The van der Waals surface area contributed by atoms with Crippen LogP contribution in [0.4, 0.5) is 0 Å². The molecule has 0 amide bonds. The van der Waals surface area contributed by atoms with Crippen LogP contribution in [0.5, 0.6) is 0 Å². The van der Waals surface area contributed by atoms with Gasteiger partial charge in [-0.25, -0.2) is 0 Å². The molecule has 6 heteroatoms. The molecule has 3 aliphatic rings. The number of piperidine rings is 1. The standard InChI is InChI=1S/C14H26N2O4/c1-10-12(17)13(18)11(20-10)7-16-5-2-3-14(8-16)9-19-6-4-15-14/h10-13,15,17-18H,2-9H2,1H3/t10-,11+,12-,13+,14?/m0/s1. The van der Waals surface area contributed by atoms with E-state index < -0.39 is 12.2 Å². The Labute approximate surface area is 120 Å². The third-order valence-electron chi connectivity index (χ3n) is 4.82. The average Bonchev–Trinajstić information content (AvgIpc) is 2.67. The molecule has 6 nitrogen and oxygen atoms in total. The predicted molar refractivity (Wildman–Crippen MR) is 73.6 cm³/mol. The van der Waals surface area contributed by atoms with Crippen molar-refractivity contribution in [2.45, 2.75) is 49.7 Å². The number of rotatable bonds is 2. The number of likely N-dealkylation sites (tertiary alicyclic amines) is 1. The molecule has 0 aromatic heterocycles. The minimum absolute atomic E-state index is 0.0598. The van der Waals surface area contributed by atoms with Gasteiger partial charge in [-0.3, -0.25) is 4.90 Å². The Morgan fingerprint density at radius 3 is 2.85 bits per heavy atom. The van der Waals surface area contributed by atoms with Crippen molar-refractivity contribution in [3.8, 4) is 0 Å². The Kier molecular flexibility index (Phi) is 4.31. The smallest absolute Gasteiger partial charge is 0.110 e. The largest absolute Gasteiger partial charge is 0.388 e. The van der Waals surface area contributed by atoms with E-state index in [9.17, 15) is 10.2 Å². The summed E-state index contributed by atoms with van der Waals surface area (Å²) in [7, 11) is 0. The number of ether oxygens (including phenoxy) is 2. The molecule has 1 unspecified atom stereocenters. The fourth-order valence-electron chi connectivity index (χ4n) is 3.69. The fourth-order valence-corrected chi connectivity index (χ4v) is 3.69. The number of hydrogen-bond acceptors (Lipinski definition) is 6. The van der Waals surface area contributed by atoms with Crippen LogP contribution in [0.25, 0.3) is 0 Å². The second-order valence-electron chi connectivity index (χ2n) is 6.46. The Hall–Kier alpha value is -0.240. The Bertz CT molecular complexity index is 330. The van der Waals surface area contributed by atoms with Crippen molar-refractivity contribution in [2.75, 3.05) is 39.4 Å². The maximum Gasteiger partial charge on any atom is 0.110 e. The highest BCUT2D eigenvalue weighted by atomic mass is 16.5. The van der Waals surface area contributed by atoms with Gasteiger partial charge in [0, 0.05) is 19.6 Å². The second kappa shape index (κ2) is 5.87. The maximum absolute atomic E-state index is 10.0. The number of hydrogen-bond donors (Lipinski definition) is 3. The lowest BCUT2D eigenvalue weighted by molar-refractivity contribution is -0.0415. The molecular formula is C14H26N2O4. The summed E-state index contributed by atoms with van der Waals surface area (Å²) in [6.45, 7) is 6.87. The minimum Gasteiger partial charge on any atom is -0.388 e. The molecule has 3 N–H and O–H groups in total. The van der Waals surface area contributed by atoms with E-state index in [2.05, 4.69) is 10.2 Å². The summed E-state index contributed by atoms with van der Waals surface area (Å²) in [5, 5.41) is 23.4. The average molecular weight is 286 g/mol. The van der Waals surface area contributed by atoms with Gasteiger partial charge in [-0.1, -0.05) is 0 Å². The maximum atomic E-state index is 10.0. The highest BCUT2D eigenvalue weighted by Gasteiger charge is 2.43. The summed E-state index contributed by atoms with van der Waals surface area (Å²) >= 11 is 0. The van der Waals surface area contributed by atoms with Gasteiger partial charge >= 0.3 is 0 Å². The molecule has 3 heterocycles. The van der Waals surface area contributed by atoms with Crippen LogP contribution < -0.4 is 5.32 Å². The summed E-state index contributed by atoms with van der Waals surface area (Å²) in [6, 6.07) is 0. The highest BCUT2D eigenvalue weighted by molar-refractivity contribution is 4.98. The van der Waals surface area contributed by atoms with Crippen LogP contribution in [0, 0.1) is 0 Å². The molecule has 3 fully saturated rings. The quantitative estimate of drug-likeness (QED) is 0.601. The molecule has 0 aromatic carbocycles. The molecule has 3 saturated heterocycles. The number of nitrogens with one attached hydrogen (secondary N) is 1. The fraction of sp³-hybridized carbons (Fsp3) is 1.00. The molecule has 0 aliphatic carbocycles. The zero-order valence-corrected chi connectivity index (χ0v) is 12.1. The lowest BCUT2D eigenvalue weighted by atomic mass is 9.88. The van der Waals surface area contributed by atoms with E-state index in [1.807, 2.05) is 6.92 Å². The molecule has 3 aliphatic heterocycles. The lowest BCUT2D eigenvalue weighted by Crippen LogP contribution is -2.63. The molecule has 0 aromatic rings. The second-order valence-corrected chi connectivity index (χ2v) is 6.46. The summed E-state index contributed by atoms with van der Waals surface area (Å²) in [5.74, 6) is 0. The van der Waals surface area contributed by atoms with Crippen molar-refractivity contribution in [1.82, 2.24) is 10.2 Å². The monoisotopic (exact) mass is 286 g/mol. The summed E-state index contributed by atoms with van der Waals surface area (Å²) < 4.78 is 11.3. The summed E-state index contributed by atoms with van der Waals surface area (Å²) in [5.41, 5.74) is 0.0598. The van der Waals surface area contributed by atoms with Gasteiger partial charge in [-0.15, -0.1) is 0 Å². The molecule has 0 bridgehead atoms. The number of aliphatic hydroxyl groups is 2. The Morgan fingerprint density at radius 1 is 1.35 bits per heavy atom. The third-order valence-corrected chi connectivity index (χ3v) is 4.82. The first-order valence-electron chi connectivity index (χ1n) is 7.66. The zero-order valence-electron chi connectivity index (χ0n) is 12.1. The predicted octanol–water partition coefficient (Wildman–Crippen LogP) is -1.05.